The van der Waals surface area contributed by atoms with Crippen molar-refractivity contribution in [1.29, 1.82) is 0 Å². The van der Waals surface area contributed by atoms with Crippen molar-refractivity contribution < 1.29 is 4.74 Å². The molecule has 4 heteroatoms. The largest absolute Gasteiger partial charge is 0.389 e. The van der Waals surface area contributed by atoms with Crippen LogP contribution in [0.5, 0.6) is 0 Å². The highest BCUT2D eigenvalue weighted by atomic mass is 32.1. The lowest BCUT2D eigenvalue weighted by Crippen LogP contribution is -2.56. The summed E-state index contributed by atoms with van der Waals surface area (Å²) in [4.78, 5) is 2.88. The molecule has 0 unspecified atom stereocenters. The SMILES string of the molecule is CC1(C)CN(Cc2ccccc2C(N)=S)CC(C)(C)O1. The Balaban J connectivity index is 2.20. The molecule has 110 valence electrons. The van der Waals surface area contributed by atoms with E-state index >= 15 is 0 Å². The fraction of sp³-hybridized carbons (Fsp3) is 0.562. The fourth-order valence-corrected chi connectivity index (χ4v) is 3.40. The zero-order valence-electron chi connectivity index (χ0n) is 12.8. The van der Waals surface area contributed by atoms with Crippen LogP contribution in [0.3, 0.4) is 0 Å². The lowest BCUT2D eigenvalue weighted by Gasteiger charge is -2.47. The van der Waals surface area contributed by atoms with Crippen LogP contribution in [0.15, 0.2) is 24.3 Å². The lowest BCUT2D eigenvalue weighted by molar-refractivity contribution is -0.182. The fourth-order valence-electron chi connectivity index (χ4n) is 3.20. The molecule has 1 saturated heterocycles. The van der Waals surface area contributed by atoms with Gasteiger partial charge in [0.15, 0.2) is 0 Å². The van der Waals surface area contributed by atoms with Crippen molar-refractivity contribution in [3.8, 4) is 0 Å². The average molecular weight is 292 g/mol. The summed E-state index contributed by atoms with van der Waals surface area (Å²) in [6.07, 6.45) is 0. The first-order valence-corrected chi connectivity index (χ1v) is 7.40. The monoisotopic (exact) mass is 292 g/mol. The molecule has 1 aliphatic heterocycles. The molecule has 20 heavy (non-hydrogen) atoms. The Bertz CT molecular complexity index is 495. The van der Waals surface area contributed by atoms with Crippen molar-refractivity contribution in [2.45, 2.75) is 45.4 Å². The highest BCUT2D eigenvalue weighted by Gasteiger charge is 2.38. The van der Waals surface area contributed by atoms with E-state index in [1.807, 2.05) is 18.2 Å². The number of benzene rings is 1. The second-order valence-electron chi connectivity index (χ2n) is 6.79. The van der Waals surface area contributed by atoms with Gasteiger partial charge in [-0.05, 0) is 33.3 Å². The Morgan fingerprint density at radius 1 is 1.20 bits per heavy atom. The predicted octanol–water partition coefficient (Wildman–Crippen LogP) is 2.71. The van der Waals surface area contributed by atoms with Gasteiger partial charge in [-0.3, -0.25) is 4.90 Å². The van der Waals surface area contributed by atoms with Crippen molar-refractivity contribution in [3.05, 3.63) is 35.4 Å². The van der Waals surface area contributed by atoms with Crippen molar-refractivity contribution in [1.82, 2.24) is 4.90 Å². The van der Waals surface area contributed by atoms with Crippen molar-refractivity contribution in [2.24, 2.45) is 5.73 Å². The van der Waals surface area contributed by atoms with Crippen molar-refractivity contribution in [2.75, 3.05) is 13.1 Å². The smallest absolute Gasteiger partial charge is 0.104 e. The molecule has 1 aromatic carbocycles. The third kappa shape index (κ3) is 3.78. The number of hydrogen-bond donors (Lipinski definition) is 1. The van der Waals surface area contributed by atoms with Gasteiger partial charge in [-0.15, -0.1) is 0 Å². The number of rotatable bonds is 3. The van der Waals surface area contributed by atoms with Gasteiger partial charge >= 0.3 is 0 Å². The standard InChI is InChI=1S/C16H24N2OS/c1-15(2)10-18(11-16(3,4)19-15)9-12-7-5-6-8-13(12)14(17)20/h5-8H,9-11H2,1-4H3,(H2,17,20). The topological polar surface area (TPSA) is 38.5 Å². The van der Waals surface area contributed by atoms with Gasteiger partial charge in [-0.2, -0.15) is 0 Å². The van der Waals surface area contributed by atoms with Gasteiger partial charge in [0.2, 0.25) is 0 Å². The third-order valence-corrected chi connectivity index (χ3v) is 3.66. The van der Waals surface area contributed by atoms with Crippen LogP contribution in [0.4, 0.5) is 0 Å². The van der Waals surface area contributed by atoms with E-state index in [4.69, 9.17) is 22.7 Å². The minimum Gasteiger partial charge on any atom is -0.389 e. The van der Waals surface area contributed by atoms with Gasteiger partial charge in [-0.1, -0.05) is 36.5 Å². The number of morpholine rings is 1. The summed E-state index contributed by atoms with van der Waals surface area (Å²) < 4.78 is 6.11. The quantitative estimate of drug-likeness (QED) is 0.869. The van der Waals surface area contributed by atoms with E-state index in [1.165, 1.54) is 5.56 Å². The normalized spacial score (nSPS) is 21.6. The van der Waals surface area contributed by atoms with E-state index in [0.29, 0.717) is 4.99 Å². The van der Waals surface area contributed by atoms with Crippen LogP contribution in [0.1, 0.15) is 38.8 Å². The van der Waals surface area contributed by atoms with Gasteiger partial charge in [0.05, 0.1) is 11.2 Å². The van der Waals surface area contributed by atoms with E-state index in [9.17, 15) is 0 Å². The number of thiocarbonyl (C=S) groups is 1. The highest BCUT2D eigenvalue weighted by Crippen LogP contribution is 2.29. The molecule has 0 bridgehead atoms. The summed E-state index contributed by atoms with van der Waals surface area (Å²) in [5.74, 6) is 0. The molecular weight excluding hydrogens is 268 g/mol. The van der Waals surface area contributed by atoms with Crippen molar-refractivity contribution >= 4 is 17.2 Å². The molecule has 1 heterocycles. The number of hydrogen-bond acceptors (Lipinski definition) is 3. The molecule has 1 aliphatic rings. The number of nitrogens with zero attached hydrogens (tertiary/aromatic N) is 1. The number of ether oxygens (including phenoxy) is 1. The molecule has 2 N–H and O–H groups in total. The summed E-state index contributed by atoms with van der Waals surface area (Å²) in [6, 6.07) is 8.11. The zero-order chi connectivity index (χ0) is 15.0. The van der Waals surface area contributed by atoms with Gasteiger partial charge < -0.3 is 10.5 Å². The second kappa shape index (κ2) is 5.43. The molecule has 0 saturated carbocycles. The molecule has 0 amide bonds. The van der Waals surface area contributed by atoms with Gasteiger partial charge in [0.1, 0.15) is 4.99 Å². The van der Waals surface area contributed by atoms with Crippen molar-refractivity contribution in [3.63, 3.8) is 0 Å². The second-order valence-corrected chi connectivity index (χ2v) is 7.23. The van der Waals surface area contributed by atoms with Gasteiger partial charge in [0, 0.05) is 25.2 Å². The first-order chi connectivity index (χ1) is 9.19. The molecule has 2 rings (SSSR count). The maximum absolute atomic E-state index is 6.11. The Hall–Kier alpha value is -0.970. The summed E-state index contributed by atoms with van der Waals surface area (Å²) in [7, 11) is 0. The number of nitrogens with two attached hydrogens (primary N) is 1. The molecule has 0 aromatic heterocycles. The summed E-state index contributed by atoms with van der Waals surface area (Å²) >= 11 is 5.14. The van der Waals surface area contributed by atoms with Crippen LogP contribution >= 0.6 is 12.2 Å². The first-order valence-electron chi connectivity index (χ1n) is 6.99. The van der Waals surface area contributed by atoms with E-state index in [0.717, 1.165) is 25.2 Å². The highest BCUT2D eigenvalue weighted by molar-refractivity contribution is 7.80. The minimum atomic E-state index is -0.139. The van der Waals surface area contributed by atoms with Crippen LogP contribution in [0.2, 0.25) is 0 Å². The molecular formula is C16H24N2OS. The Morgan fingerprint density at radius 2 is 1.75 bits per heavy atom. The Labute approximate surface area is 127 Å². The van der Waals surface area contributed by atoms with Crippen LogP contribution in [-0.2, 0) is 11.3 Å². The summed E-state index contributed by atoms with van der Waals surface area (Å²) in [5.41, 5.74) is 7.70. The molecule has 3 nitrogen and oxygen atoms in total. The molecule has 0 aliphatic carbocycles. The van der Waals surface area contributed by atoms with Crippen LogP contribution in [-0.4, -0.2) is 34.2 Å². The van der Waals surface area contributed by atoms with Gasteiger partial charge in [-0.25, -0.2) is 0 Å². The lowest BCUT2D eigenvalue weighted by atomic mass is 9.97. The Morgan fingerprint density at radius 3 is 2.30 bits per heavy atom. The van der Waals surface area contributed by atoms with E-state index in [-0.39, 0.29) is 11.2 Å². The maximum atomic E-state index is 6.11. The summed E-state index contributed by atoms with van der Waals surface area (Å²) in [5, 5.41) is 0. The summed E-state index contributed by atoms with van der Waals surface area (Å²) in [6.45, 7) is 11.2. The third-order valence-electron chi connectivity index (χ3n) is 3.44. The molecule has 0 spiro atoms. The Kier molecular flexibility index (Phi) is 4.19. The van der Waals surface area contributed by atoms with Crippen LogP contribution in [0, 0.1) is 0 Å². The molecule has 1 fully saturated rings. The molecule has 0 radical (unpaired) electrons. The van der Waals surface area contributed by atoms with E-state index < -0.39 is 0 Å². The van der Waals surface area contributed by atoms with E-state index in [2.05, 4.69) is 38.7 Å². The first kappa shape index (κ1) is 15.4. The molecule has 0 atom stereocenters. The minimum absolute atomic E-state index is 0.139. The van der Waals surface area contributed by atoms with Crippen LogP contribution < -0.4 is 5.73 Å². The van der Waals surface area contributed by atoms with Gasteiger partial charge in [0.25, 0.3) is 0 Å². The zero-order valence-corrected chi connectivity index (χ0v) is 13.6. The van der Waals surface area contributed by atoms with Crippen LogP contribution in [0.25, 0.3) is 0 Å². The van der Waals surface area contributed by atoms with E-state index in [1.54, 1.807) is 0 Å². The predicted molar refractivity (Wildman–Crippen MR) is 86.8 cm³/mol. The maximum Gasteiger partial charge on any atom is 0.104 e. The molecule has 1 aromatic rings. The average Bonchev–Trinajstić information content (AvgIpc) is 2.24.